The van der Waals surface area contributed by atoms with E-state index in [1.54, 1.807) is 6.92 Å². The predicted molar refractivity (Wildman–Crippen MR) is 117 cm³/mol. The molecule has 4 aliphatic carbocycles. The van der Waals surface area contributed by atoms with Crippen LogP contribution >= 0.6 is 0 Å². The van der Waals surface area contributed by atoms with Crippen LogP contribution in [0, 0.1) is 28.6 Å². The van der Waals surface area contributed by atoms with Gasteiger partial charge in [0, 0.05) is 5.41 Å². The van der Waals surface area contributed by atoms with Gasteiger partial charge < -0.3 is 9.90 Å². The second kappa shape index (κ2) is 5.84. The predicted octanol–water partition coefficient (Wildman–Crippen LogP) is -0.256. The van der Waals surface area contributed by atoms with Crippen molar-refractivity contribution < 1.29 is 14.7 Å². The third-order valence-electron chi connectivity index (χ3n) is 8.29. The van der Waals surface area contributed by atoms with Crippen LogP contribution in [0.25, 0.3) is 0 Å². The van der Waals surface area contributed by atoms with Crippen LogP contribution in [0.4, 0.5) is 0 Å². The van der Waals surface area contributed by atoms with Crippen LogP contribution in [0.1, 0.15) is 39.5 Å². The van der Waals surface area contributed by atoms with Crippen LogP contribution in [-0.4, -0.2) is 77.7 Å². The van der Waals surface area contributed by atoms with E-state index in [0.717, 1.165) is 0 Å². The number of fused-ring (bicyclic) bond motifs is 5. The van der Waals surface area contributed by atoms with Crippen molar-refractivity contribution in [2.45, 2.75) is 61.3 Å². The lowest BCUT2D eigenvalue weighted by atomic mass is 9.28. The molecule has 3 fully saturated rings. The molecule has 0 amide bonds. The highest BCUT2D eigenvalue weighted by atomic mass is 16.3. The second-order valence-electron chi connectivity index (χ2n) is 10.6. The first-order valence-corrected chi connectivity index (χ1v) is 10.0. The molecule has 10 heteroatoms. The summed E-state index contributed by atoms with van der Waals surface area (Å²) in [5.41, 5.74) is -1.52. The number of hydrogen-bond donors (Lipinski definition) is 1. The monoisotopic (exact) mass is 372 g/mol. The molecule has 0 aromatic carbocycles. The summed E-state index contributed by atoms with van der Waals surface area (Å²) in [5, 5.41) is 6.68. The number of aliphatic hydroxyl groups excluding tert-OH is 1. The Morgan fingerprint density at radius 1 is 0.862 bits per heavy atom. The molecule has 14 radical (unpaired) electrons. The van der Waals surface area contributed by atoms with E-state index in [1.807, 2.05) is 6.92 Å². The number of hydrogen-bond acceptors (Lipinski definition) is 3. The summed E-state index contributed by atoms with van der Waals surface area (Å²) >= 11 is 0. The zero-order chi connectivity index (χ0) is 21.9. The van der Waals surface area contributed by atoms with Crippen molar-refractivity contribution in [1.29, 1.82) is 0 Å². The molecule has 5 unspecified atom stereocenters. The zero-order valence-corrected chi connectivity index (χ0v) is 16.9. The highest BCUT2D eigenvalue weighted by Gasteiger charge is 2.68. The first-order valence-electron chi connectivity index (χ1n) is 10.0. The fourth-order valence-electron chi connectivity index (χ4n) is 7.52. The molecule has 134 valence electrons. The van der Waals surface area contributed by atoms with Crippen LogP contribution in [0.15, 0.2) is 11.0 Å². The van der Waals surface area contributed by atoms with E-state index in [0.29, 0.717) is 5.57 Å². The van der Waals surface area contributed by atoms with Crippen LogP contribution in [-0.2, 0) is 9.59 Å². The smallest absolute Gasteiger partial charge is 0.137 e. The van der Waals surface area contributed by atoms with Gasteiger partial charge in [-0.15, -0.1) is 0 Å². The zero-order valence-electron chi connectivity index (χ0n) is 16.9. The first-order chi connectivity index (χ1) is 13.0. The Balaban J connectivity index is 1.91. The van der Waals surface area contributed by atoms with E-state index in [1.165, 1.54) is 0 Å². The first kappa shape index (κ1) is 21.7. The molecule has 0 spiro atoms. The lowest BCUT2D eigenvalue weighted by molar-refractivity contribution is -0.148. The molecule has 3 saturated carbocycles. The quantitative estimate of drug-likeness (QED) is 0.598. The summed E-state index contributed by atoms with van der Waals surface area (Å²) in [7, 11) is 43.7. The summed E-state index contributed by atoms with van der Waals surface area (Å²) < 4.78 is 0. The van der Waals surface area contributed by atoms with Gasteiger partial charge in [0.1, 0.15) is 19.4 Å². The SMILES string of the molecule is [B]C1=C2C([B])([B])CC3C4CC([B])([B])C(=O)C4(C)C[C@H](O)C3C2(C)CC([B])([B])C1=O. The minimum absolute atomic E-state index is 0.0387. The fraction of sp³-hybridized carbons (Fsp3) is 0.789. The van der Waals surface area contributed by atoms with Crippen molar-refractivity contribution in [2.75, 3.05) is 0 Å². The van der Waals surface area contributed by atoms with Gasteiger partial charge in [-0.1, -0.05) is 42.9 Å². The van der Waals surface area contributed by atoms with Crippen molar-refractivity contribution in [3.63, 3.8) is 0 Å². The maximum atomic E-state index is 13.0. The molecule has 4 aliphatic rings. The molecule has 1 N–H and O–H groups in total. The molecule has 0 aromatic heterocycles. The molecular weight excluding hydrogens is 352 g/mol. The largest absolute Gasteiger partial charge is 0.393 e. The van der Waals surface area contributed by atoms with Gasteiger partial charge in [-0.2, -0.15) is 0 Å². The number of rotatable bonds is 0. The van der Waals surface area contributed by atoms with Gasteiger partial charge in [-0.25, -0.2) is 0 Å². The summed E-state index contributed by atoms with van der Waals surface area (Å²) in [4.78, 5) is 25.6. The molecule has 0 aliphatic heterocycles. The molecule has 0 bridgehead atoms. The minimum atomic E-state index is -1.70. The summed E-state index contributed by atoms with van der Waals surface area (Å²) in [6, 6.07) is 0. The molecule has 0 saturated heterocycles. The second-order valence-corrected chi connectivity index (χ2v) is 10.6. The van der Waals surface area contributed by atoms with Crippen molar-refractivity contribution >= 4 is 66.5 Å². The minimum Gasteiger partial charge on any atom is -0.393 e. The normalized spacial score (nSPS) is 47.3. The lowest BCUT2D eigenvalue weighted by Crippen LogP contribution is -2.61. The Labute approximate surface area is 182 Å². The lowest BCUT2D eigenvalue weighted by Gasteiger charge is -2.65. The standard InChI is InChI=1S/C19H19B7O3/c1-15-5-9(27)10-7(8(15)4-18(23,24)14(15)29)3-17(21,22)12-11(20)13(28)19(25,26)6-16(10,12)2/h7-10,27H,3-6H2,1-2H3/t7?,8?,9-,10?,15?,16?/m0/s1. The highest BCUT2D eigenvalue weighted by molar-refractivity contribution is 6.59. The molecule has 29 heavy (non-hydrogen) atoms. The third-order valence-corrected chi connectivity index (χ3v) is 8.29. The van der Waals surface area contributed by atoms with Crippen LogP contribution in [0.3, 0.4) is 0 Å². The van der Waals surface area contributed by atoms with E-state index in [9.17, 15) is 14.7 Å². The van der Waals surface area contributed by atoms with Gasteiger partial charge in [0.05, 0.1) is 53.2 Å². The number of aliphatic hydroxyl groups is 1. The van der Waals surface area contributed by atoms with Crippen LogP contribution in [0.2, 0.25) is 15.6 Å². The number of allylic oxidation sites excluding steroid dienone is 1. The van der Waals surface area contributed by atoms with E-state index in [4.69, 9.17) is 54.9 Å². The summed E-state index contributed by atoms with van der Waals surface area (Å²) in [6.07, 6.45) is -0.135. The van der Waals surface area contributed by atoms with Gasteiger partial charge in [0.25, 0.3) is 0 Å². The molecule has 6 atom stereocenters. The molecule has 3 nitrogen and oxygen atoms in total. The Morgan fingerprint density at radius 3 is 2.03 bits per heavy atom. The molecular formula is C19H19B7O3. The summed E-state index contributed by atoms with van der Waals surface area (Å²) in [6.45, 7) is 3.65. The highest BCUT2D eigenvalue weighted by Crippen LogP contribution is 2.72. The maximum absolute atomic E-state index is 13.0. The van der Waals surface area contributed by atoms with E-state index >= 15 is 0 Å². The number of ketones is 2. The average Bonchev–Trinajstić information content (AvgIpc) is 2.71. The van der Waals surface area contributed by atoms with Crippen molar-refractivity contribution in [2.24, 2.45) is 28.6 Å². The van der Waals surface area contributed by atoms with Gasteiger partial charge in [-0.05, 0) is 46.4 Å². The van der Waals surface area contributed by atoms with Gasteiger partial charge >= 0.3 is 0 Å². The molecule has 4 rings (SSSR count). The fourth-order valence-corrected chi connectivity index (χ4v) is 7.52. The van der Waals surface area contributed by atoms with Crippen LogP contribution in [0.5, 0.6) is 0 Å². The Hall–Kier alpha value is -0.505. The van der Waals surface area contributed by atoms with Crippen molar-refractivity contribution in [3.8, 4) is 0 Å². The third kappa shape index (κ3) is 2.63. The topological polar surface area (TPSA) is 54.4 Å². The van der Waals surface area contributed by atoms with E-state index in [2.05, 4.69) is 0 Å². The van der Waals surface area contributed by atoms with Gasteiger partial charge in [-0.3, -0.25) is 4.79 Å². The number of carbonyl (C=O) groups excluding carboxylic acids is 2. The van der Waals surface area contributed by atoms with Gasteiger partial charge in [0.2, 0.25) is 0 Å². The van der Waals surface area contributed by atoms with Crippen molar-refractivity contribution in [3.05, 3.63) is 11.0 Å². The number of Topliss-reactive ketones (excluding diaryl/α,β-unsaturated/α-hetero) is 2. The molecule has 0 heterocycles. The Bertz CT molecular complexity index is 851. The van der Waals surface area contributed by atoms with Crippen molar-refractivity contribution in [1.82, 2.24) is 0 Å². The molecule has 0 aromatic rings. The summed E-state index contributed by atoms with van der Waals surface area (Å²) in [5.74, 6) is -1.73. The Kier molecular flexibility index (Phi) is 4.37. The Morgan fingerprint density at radius 2 is 1.45 bits per heavy atom. The van der Waals surface area contributed by atoms with E-state index in [-0.39, 0.29) is 48.8 Å². The van der Waals surface area contributed by atoms with E-state index < -0.39 is 44.3 Å². The van der Waals surface area contributed by atoms with Crippen LogP contribution < -0.4 is 0 Å². The average molecular weight is 371 g/mol. The number of carbonyl (C=O) groups is 2. The maximum Gasteiger partial charge on any atom is 0.137 e. The van der Waals surface area contributed by atoms with Gasteiger partial charge in [0.15, 0.2) is 0 Å².